The smallest absolute Gasteiger partial charge is 0.119 e. The first-order chi connectivity index (χ1) is 9.33. The van der Waals surface area contributed by atoms with Crippen molar-refractivity contribution >= 4 is 0 Å². The minimum Gasteiger partial charge on any atom is -0.497 e. The topological polar surface area (TPSA) is 47.3 Å². The molecule has 0 radical (unpaired) electrons. The van der Waals surface area contributed by atoms with Crippen LogP contribution in [0.4, 0.5) is 0 Å². The van der Waals surface area contributed by atoms with Gasteiger partial charge in [0.05, 0.1) is 7.11 Å². The van der Waals surface area contributed by atoms with Gasteiger partial charge >= 0.3 is 0 Å². The van der Waals surface area contributed by atoms with Crippen LogP contribution >= 0.6 is 0 Å². The fourth-order valence-corrected chi connectivity index (χ4v) is 3.08. The number of nitrogens with two attached hydrogens (primary N) is 1. The van der Waals surface area contributed by atoms with Gasteiger partial charge in [-0.25, -0.2) is 0 Å². The predicted molar refractivity (Wildman–Crippen MR) is 78.9 cm³/mol. The van der Waals surface area contributed by atoms with Crippen molar-refractivity contribution < 1.29 is 4.74 Å². The lowest BCUT2D eigenvalue weighted by Gasteiger charge is -2.24. The molecule has 1 aromatic rings. The molecular weight excluding hydrogens is 236 g/mol. The summed E-state index contributed by atoms with van der Waals surface area (Å²) in [6.07, 6.45) is 9.41. The van der Waals surface area contributed by atoms with E-state index in [0.29, 0.717) is 0 Å². The first-order valence-electron chi connectivity index (χ1n) is 7.43. The Bertz CT molecular complexity index is 375. The van der Waals surface area contributed by atoms with Gasteiger partial charge in [0.15, 0.2) is 0 Å². The summed E-state index contributed by atoms with van der Waals surface area (Å²) < 4.78 is 5.28. The molecule has 1 aliphatic carbocycles. The number of hydrazine groups is 1. The van der Waals surface area contributed by atoms with E-state index in [2.05, 4.69) is 17.6 Å². The van der Waals surface area contributed by atoms with Crippen molar-refractivity contribution in [2.24, 2.45) is 11.8 Å². The molecule has 0 bridgehead atoms. The molecule has 3 heteroatoms. The molecule has 1 unspecified atom stereocenters. The van der Waals surface area contributed by atoms with Crippen LogP contribution in [0.1, 0.15) is 56.6 Å². The number of hydrogen-bond acceptors (Lipinski definition) is 3. The van der Waals surface area contributed by atoms with E-state index in [9.17, 15) is 0 Å². The predicted octanol–water partition coefficient (Wildman–Crippen LogP) is 3.56. The van der Waals surface area contributed by atoms with Crippen LogP contribution in [-0.2, 0) is 0 Å². The maximum atomic E-state index is 5.72. The molecule has 0 amide bonds. The number of hydrogen-bond donors (Lipinski definition) is 2. The molecule has 0 aliphatic heterocycles. The van der Waals surface area contributed by atoms with Crippen molar-refractivity contribution in [3.8, 4) is 5.75 Å². The third kappa shape index (κ3) is 4.22. The summed E-state index contributed by atoms with van der Waals surface area (Å²) in [5.41, 5.74) is 4.17. The molecule has 1 aromatic carbocycles. The third-order valence-corrected chi connectivity index (χ3v) is 4.29. The standard InChI is InChI=1S/C16H26N2O/c1-19-15-9-5-8-14(12-15)16(18-17)11-10-13-6-3-2-4-7-13/h5,8-9,12-13,16,18H,2-4,6-7,10-11,17H2,1H3. The van der Waals surface area contributed by atoms with Gasteiger partial charge in [0.25, 0.3) is 0 Å². The molecule has 2 rings (SSSR count). The van der Waals surface area contributed by atoms with Gasteiger partial charge in [0.2, 0.25) is 0 Å². The summed E-state index contributed by atoms with van der Waals surface area (Å²) in [7, 11) is 1.70. The lowest BCUT2D eigenvalue weighted by Crippen LogP contribution is -2.28. The van der Waals surface area contributed by atoms with Crippen molar-refractivity contribution in [2.45, 2.75) is 51.0 Å². The van der Waals surface area contributed by atoms with E-state index < -0.39 is 0 Å². The summed E-state index contributed by atoms with van der Waals surface area (Å²) in [6.45, 7) is 0. The molecule has 0 aromatic heterocycles. The maximum absolute atomic E-state index is 5.72. The van der Waals surface area contributed by atoms with Crippen molar-refractivity contribution in [3.63, 3.8) is 0 Å². The van der Waals surface area contributed by atoms with Crippen molar-refractivity contribution in [2.75, 3.05) is 7.11 Å². The molecule has 19 heavy (non-hydrogen) atoms. The highest BCUT2D eigenvalue weighted by atomic mass is 16.5. The Hall–Kier alpha value is -1.06. The van der Waals surface area contributed by atoms with Gasteiger partial charge in [-0.1, -0.05) is 44.2 Å². The van der Waals surface area contributed by atoms with E-state index in [1.54, 1.807) is 7.11 Å². The number of rotatable bonds is 6. The average Bonchev–Trinajstić information content (AvgIpc) is 2.49. The SMILES string of the molecule is COc1cccc(C(CCC2CCCCC2)NN)c1. The van der Waals surface area contributed by atoms with E-state index in [1.807, 2.05) is 12.1 Å². The summed E-state index contributed by atoms with van der Waals surface area (Å²) in [4.78, 5) is 0. The fourth-order valence-electron chi connectivity index (χ4n) is 3.08. The minimum atomic E-state index is 0.233. The molecule has 3 N–H and O–H groups in total. The summed E-state index contributed by atoms with van der Waals surface area (Å²) in [6, 6.07) is 8.42. The normalized spacial score (nSPS) is 18.2. The highest BCUT2D eigenvalue weighted by Gasteiger charge is 2.17. The number of benzene rings is 1. The molecule has 3 nitrogen and oxygen atoms in total. The second-order valence-corrected chi connectivity index (χ2v) is 5.58. The zero-order valence-electron chi connectivity index (χ0n) is 11.9. The molecule has 0 spiro atoms. The first kappa shape index (κ1) is 14.4. The molecular formula is C16H26N2O. The van der Waals surface area contributed by atoms with Gasteiger partial charge in [-0.15, -0.1) is 0 Å². The van der Waals surface area contributed by atoms with Crippen LogP contribution in [0.5, 0.6) is 5.75 Å². The van der Waals surface area contributed by atoms with Gasteiger partial charge in [0, 0.05) is 6.04 Å². The highest BCUT2D eigenvalue weighted by molar-refractivity contribution is 5.30. The van der Waals surface area contributed by atoms with Crippen LogP contribution in [0.3, 0.4) is 0 Å². The fraction of sp³-hybridized carbons (Fsp3) is 0.625. The summed E-state index contributed by atoms with van der Waals surface area (Å²) >= 11 is 0. The molecule has 106 valence electrons. The van der Waals surface area contributed by atoms with E-state index in [1.165, 1.54) is 44.1 Å². The van der Waals surface area contributed by atoms with Crippen LogP contribution < -0.4 is 16.0 Å². The van der Waals surface area contributed by atoms with Gasteiger partial charge in [0.1, 0.15) is 5.75 Å². The van der Waals surface area contributed by atoms with Crippen LogP contribution in [0.15, 0.2) is 24.3 Å². The Kier molecular flexibility index (Phi) is 5.67. The van der Waals surface area contributed by atoms with Gasteiger partial charge < -0.3 is 4.74 Å². The Morgan fingerprint density at radius 2 is 2.11 bits per heavy atom. The first-order valence-corrected chi connectivity index (χ1v) is 7.43. The van der Waals surface area contributed by atoms with Gasteiger partial charge in [-0.05, 0) is 36.5 Å². The maximum Gasteiger partial charge on any atom is 0.119 e. The molecule has 0 heterocycles. The van der Waals surface area contributed by atoms with E-state index in [4.69, 9.17) is 10.6 Å². The quantitative estimate of drug-likeness (QED) is 0.608. The van der Waals surface area contributed by atoms with Crippen LogP contribution in [-0.4, -0.2) is 7.11 Å². The Morgan fingerprint density at radius 3 is 2.79 bits per heavy atom. The average molecular weight is 262 g/mol. The van der Waals surface area contributed by atoms with E-state index in [0.717, 1.165) is 18.1 Å². The monoisotopic (exact) mass is 262 g/mol. The Balaban J connectivity index is 1.91. The van der Waals surface area contributed by atoms with Crippen LogP contribution in [0.2, 0.25) is 0 Å². The lowest BCUT2D eigenvalue weighted by molar-refractivity contribution is 0.314. The van der Waals surface area contributed by atoms with E-state index in [-0.39, 0.29) is 6.04 Å². The van der Waals surface area contributed by atoms with Gasteiger partial charge in [-0.2, -0.15) is 0 Å². The zero-order chi connectivity index (χ0) is 13.5. The number of nitrogens with one attached hydrogen (secondary N) is 1. The summed E-state index contributed by atoms with van der Waals surface area (Å²) in [5.74, 6) is 7.52. The van der Waals surface area contributed by atoms with Crippen LogP contribution in [0, 0.1) is 5.92 Å². The number of ether oxygens (including phenoxy) is 1. The van der Waals surface area contributed by atoms with E-state index >= 15 is 0 Å². The number of methoxy groups -OCH3 is 1. The van der Waals surface area contributed by atoms with Crippen molar-refractivity contribution in [1.82, 2.24) is 5.43 Å². The third-order valence-electron chi connectivity index (χ3n) is 4.29. The molecule has 1 aliphatic rings. The van der Waals surface area contributed by atoms with Gasteiger partial charge in [-0.3, -0.25) is 11.3 Å². The molecule has 1 saturated carbocycles. The lowest BCUT2D eigenvalue weighted by atomic mass is 9.84. The van der Waals surface area contributed by atoms with Crippen molar-refractivity contribution in [1.29, 1.82) is 0 Å². The zero-order valence-corrected chi connectivity index (χ0v) is 11.9. The molecule has 0 saturated heterocycles. The Morgan fingerprint density at radius 1 is 1.32 bits per heavy atom. The molecule has 1 fully saturated rings. The summed E-state index contributed by atoms with van der Waals surface area (Å²) in [5, 5.41) is 0. The molecule has 1 atom stereocenters. The highest BCUT2D eigenvalue weighted by Crippen LogP contribution is 2.30. The second kappa shape index (κ2) is 7.51. The van der Waals surface area contributed by atoms with Crippen molar-refractivity contribution in [3.05, 3.63) is 29.8 Å². The second-order valence-electron chi connectivity index (χ2n) is 5.58. The largest absolute Gasteiger partial charge is 0.497 e. The minimum absolute atomic E-state index is 0.233. The van der Waals surface area contributed by atoms with Crippen LogP contribution in [0.25, 0.3) is 0 Å². The Labute approximate surface area is 116 Å².